The van der Waals surface area contributed by atoms with Crippen molar-refractivity contribution in [2.75, 3.05) is 12.3 Å². The van der Waals surface area contributed by atoms with Gasteiger partial charge in [0, 0.05) is 17.8 Å². The third-order valence-electron chi connectivity index (χ3n) is 3.47. The minimum atomic E-state index is 0.120. The van der Waals surface area contributed by atoms with Crippen LogP contribution in [0.1, 0.15) is 33.1 Å². The molecule has 4 nitrogen and oxygen atoms in total. The van der Waals surface area contributed by atoms with Crippen LogP contribution in [-0.4, -0.2) is 35.0 Å². The molecule has 0 spiro atoms. The van der Waals surface area contributed by atoms with E-state index in [2.05, 4.69) is 29.5 Å². The predicted octanol–water partition coefficient (Wildman–Crippen LogP) is 1.13. The number of nitrogens with one attached hydrogen (secondary N) is 2. The summed E-state index contributed by atoms with van der Waals surface area (Å²) in [5, 5.41) is 7.35. The first kappa shape index (κ1) is 11.8. The number of thioether (sulfide) groups is 1. The predicted molar refractivity (Wildman–Crippen MR) is 67.8 cm³/mol. The molecule has 1 amide bonds. The van der Waals surface area contributed by atoms with E-state index in [1.807, 2.05) is 0 Å². The molecule has 2 aliphatic heterocycles. The lowest BCUT2D eigenvalue weighted by Gasteiger charge is -2.25. The van der Waals surface area contributed by atoms with Crippen LogP contribution in [0, 0.1) is 0 Å². The second kappa shape index (κ2) is 4.65. The standard InChI is InChI=1S/C11H19N3OS/c1-3-11(4-2)7-16-10(14-11)13-8-5-9(15)12-6-8/h8H,3-7H2,1-2H3,(H,12,15)(H,13,14). The molecule has 0 bridgehead atoms. The number of amides is 1. The monoisotopic (exact) mass is 241 g/mol. The van der Waals surface area contributed by atoms with Crippen molar-refractivity contribution in [3.05, 3.63) is 0 Å². The van der Waals surface area contributed by atoms with Crippen LogP contribution < -0.4 is 10.6 Å². The average Bonchev–Trinajstić information content (AvgIpc) is 2.87. The van der Waals surface area contributed by atoms with Crippen molar-refractivity contribution in [1.82, 2.24) is 10.6 Å². The van der Waals surface area contributed by atoms with E-state index in [0.717, 1.165) is 23.8 Å². The van der Waals surface area contributed by atoms with Crippen LogP contribution >= 0.6 is 11.8 Å². The van der Waals surface area contributed by atoms with E-state index in [-0.39, 0.29) is 17.5 Å². The van der Waals surface area contributed by atoms with Gasteiger partial charge in [-0.1, -0.05) is 25.6 Å². The zero-order valence-corrected chi connectivity index (χ0v) is 10.7. The Morgan fingerprint density at radius 3 is 2.75 bits per heavy atom. The summed E-state index contributed by atoms with van der Waals surface area (Å²) in [6.45, 7) is 5.11. The maximum Gasteiger partial charge on any atom is 0.222 e. The molecule has 0 saturated carbocycles. The molecule has 0 aromatic rings. The van der Waals surface area contributed by atoms with Crippen LogP contribution in [-0.2, 0) is 4.79 Å². The zero-order chi connectivity index (χ0) is 11.6. The van der Waals surface area contributed by atoms with Gasteiger partial charge in [0.2, 0.25) is 5.91 Å². The van der Waals surface area contributed by atoms with Crippen molar-refractivity contribution in [2.45, 2.75) is 44.7 Å². The molecule has 2 saturated heterocycles. The van der Waals surface area contributed by atoms with E-state index < -0.39 is 0 Å². The summed E-state index contributed by atoms with van der Waals surface area (Å²) in [5.41, 5.74) is 0.222. The molecule has 2 aliphatic rings. The Kier molecular flexibility index (Phi) is 3.42. The average molecular weight is 241 g/mol. The summed E-state index contributed by atoms with van der Waals surface area (Å²) in [4.78, 5) is 15.7. The second-order valence-corrected chi connectivity index (χ2v) is 5.46. The third kappa shape index (κ3) is 2.34. The summed E-state index contributed by atoms with van der Waals surface area (Å²) >= 11 is 1.79. The van der Waals surface area contributed by atoms with Crippen LogP contribution in [0.25, 0.3) is 0 Å². The van der Waals surface area contributed by atoms with Gasteiger partial charge in [-0.05, 0) is 12.8 Å². The molecule has 2 N–H and O–H groups in total. The van der Waals surface area contributed by atoms with E-state index in [4.69, 9.17) is 0 Å². The molecule has 0 aromatic carbocycles. The second-order valence-electron chi connectivity index (χ2n) is 4.50. The van der Waals surface area contributed by atoms with Gasteiger partial charge in [0.05, 0.1) is 12.5 Å². The lowest BCUT2D eigenvalue weighted by Crippen LogP contribution is -2.42. The molecular formula is C11H19N3OS. The van der Waals surface area contributed by atoms with Crippen LogP contribution in [0.2, 0.25) is 0 Å². The normalized spacial score (nSPS) is 30.5. The molecule has 2 fully saturated rings. The highest BCUT2D eigenvalue weighted by Crippen LogP contribution is 2.29. The van der Waals surface area contributed by atoms with Gasteiger partial charge in [0.1, 0.15) is 0 Å². The van der Waals surface area contributed by atoms with E-state index in [1.54, 1.807) is 11.8 Å². The Hall–Kier alpha value is -0.710. The molecule has 0 radical (unpaired) electrons. The van der Waals surface area contributed by atoms with Crippen molar-refractivity contribution >= 4 is 22.8 Å². The molecule has 1 atom stereocenters. The van der Waals surface area contributed by atoms with Gasteiger partial charge >= 0.3 is 0 Å². The fourth-order valence-corrected chi connectivity index (χ4v) is 3.46. The summed E-state index contributed by atoms with van der Waals surface area (Å²) in [6.07, 6.45) is 2.78. The number of aliphatic imine (C=N–C) groups is 1. The first-order chi connectivity index (χ1) is 7.67. The highest BCUT2D eigenvalue weighted by molar-refractivity contribution is 8.14. The first-order valence-electron chi connectivity index (χ1n) is 5.93. The summed E-state index contributed by atoms with van der Waals surface area (Å²) in [5.74, 6) is 1.21. The first-order valence-corrected chi connectivity index (χ1v) is 6.91. The number of rotatable bonds is 3. The van der Waals surface area contributed by atoms with E-state index >= 15 is 0 Å². The summed E-state index contributed by atoms with van der Waals surface area (Å²) in [6, 6.07) is 0.131. The largest absolute Gasteiger partial charge is 0.359 e. The van der Waals surface area contributed by atoms with Gasteiger partial charge in [-0.25, -0.2) is 0 Å². The van der Waals surface area contributed by atoms with E-state index in [0.29, 0.717) is 13.0 Å². The Morgan fingerprint density at radius 2 is 2.25 bits per heavy atom. The van der Waals surface area contributed by atoms with Crippen LogP contribution in [0.15, 0.2) is 4.99 Å². The van der Waals surface area contributed by atoms with Gasteiger partial charge in [0.25, 0.3) is 0 Å². The minimum absolute atomic E-state index is 0.120. The van der Waals surface area contributed by atoms with Gasteiger partial charge in [0.15, 0.2) is 5.17 Å². The smallest absolute Gasteiger partial charge is 0.222 e. The third-order valence-corrected chi connectivity index (χ3v) is 4.64. The Labute approximate surface area is 101 Å². The summed E-state index contributed by atoms with van der Waals surface area (Å²) < 4.78 is 0. The van der Waals surface area contributed by atoms with Crippen molar-refractivity contribution < 1.29 is 4.79 Å². The molecule has 0 aromatic heterocycles. The SMILES string of the molecule is CCC1(CC)CSC(=NC2CNC(=O)C2)N1. The maximum atomic E-state index is 11.1. The highest BCUT2D eigenvalue weighted by Gasteiger charge is 2.34. The van der Waals surface area contributed by atoms with Crippen molar-refractivity contribution in [3.8, 4) is 0 Å². The van der Waals surface area contributed by atoms with Crippen LogP contribution in [0.4, 0.5) is 0 Å². The van der Waals surface area contributed by atoms with Crippen molar-refractivity contribution in [3.63, 3.8) is 0 Å². The van der Waals surface area contributed by atoms with E-state index in [1.165, 1.54) is 0 Å². The molecule has 5 heteroatoms. The molecule has 2 heterocycles. The van der Waals surface area contributed by atoms with Gasteiger partial charge < -0.3 is 10.6 Å². The molecule has 90 valence electrons. The molecule has 2 rings (SSSR count). The number of hydrogen-bond donors (Lipinski definition) is 2. The molecule has 16 heavy (non-hydrogen) atoms. The Bertz CT molecular complexity index is 312. The van der Waals surface area contributed by atoms with Crippen LogP contribution in [0.3, 0.4) is 0 Å². The molecule has 0 aliphatic carbocycles. The van der Waals surface area contributed by atoms with E-state index in [9.17, 15) is 4.79 Å². The minimum Gasteiger partial charge on any atom is -0.359 e. The topological polar surface area (TPSA) is 53.5 Å². The van der Waals surface area contributed by atoms with Gasteiger partial charge in [-0.3, -0.25) is 9.79 Å². The quantitative estimate of drug-likeness (QED) is 0.778. The number of amidine groups is 1. The molecular weight excluding hydrogens is 222 g/mol. The van der Waals surface area contributed by atoms with Crippen molar-refractivity contribution in [1.29, 1.82) is 0 Å². The van der Waals surface area contributed by atoms with Gasteiger partial charge in [-0.2, -0.15) is 0 Å². The number of nitrogens with zero attached hydrogens (tertiary/aromatic N) is 1. The van der Waals surface area contributed by atoms with Crippen molar-refractivity contribution in [2.24, 2.45) is 4.99 Å². The van der Waals surface area contributed by atoms with Crippen LogP contribution in [0.5, 0.6) is 0 Å². The fourth-order valence-electron chi connectivity index (χ4n) is 2.05. The summed E-state index contributed by atoms with van der Waals surface area (Å²) in [7, 11) is 0. The number of hydrogen-bond acceptors (Lipinski definition) is 3. The number of carbonyl (C=O) groups excluding carboxylic acids is 1. The fraction of sp³-hybridized carbons (Fsp3) is 0.818. The number of carbonyl (C=O) groups is 1. The zero-order valence-electron chi connectivity index (χ0n) is 9.88. The van der Waals surface area contributed by atoms with Gasteiger partial charge in [-0.15, -0.1) is 0 Å². The maximum absolute atomic E-state index is 11.1. The lowest BCUT2D eigenvalue weighted by atomic mass is 9.96. The molecule has 1 unspecified atom stereocenters. The lowest BCUT2D eigenvalue weighted by molar-refractivity contribution is -0.119. The highest BCUT2D eigenvalue weighted by atomic mass is 32.2. The Morgan fingerprint density at radius 1 is 1.50 bits per heavy atom. The Balaban J connectivity index is 1.97.